The molecule has 4 amide bonds. The first-order valence-electron chi connectivity index (χ1n) is 11.2. The quantitative estimate of drug-likeness (QED) is 0.697. The van der Waals surface area contributed by atoms with Gasteiger partial charge in [0.1, 0.15) is 17.2 Å². The van der Waals surface area contributed by atoms with Crippen molar-refractivity contribution < 1.29 is 18.8 Å². The predicted octanol–water partition coefficient (Wildman–Crippen LogP) is 2.42. The average Bonchev–Trinajstić information content (AvgIpc) is 3.60. The van der Waals surface area contributed by atoms with Gasteiger partial charge in [-0.15, -0.1) is 0 Å². The second-order valence-electron chi connectivity index (χ2n) is 9.19. The van der Waals surface area contributed by atoms with Crippen LogP contribution in [0.3, 0.4) is 0 Å². The summed E-state index contributed by atoms with van der Waals surface area (Å²) >= 11 is 0. The van der Waals surface area contributed by atoms with Crippen LogP contribution in [0.4, 0.5) is 15.0 Å². The van der Waals surface area contributed by atoms with Gasteiger partial charge in [-0.1, -0.05) is 12.1 Å². The fourth-order valence-electron chi connectivity index (χ4n) is 4.65. The van der Waals surface area contributed by atoms with Gasteiger partial charge >= 0.3 is 6.03 Å². The monoisotopic (exact) mass is 451 g/mol. The number of halogens is 1. The van der Waals surface area contributed by atoms with Crippen LogP contribution in [-0.4, -0.2) is 53.9 Å². The van der Waals surface area contributed by atoms with Crippen molar-refractivity contribution in [2.24, 2.45) is 0 Å². The number of aryl methyl sites for hydroxylation is 1. The summed E-state index contributed by atoms with van der Waals surface area (Å²) < 4.78 is 14.9. The number of urea groups is 1. The number of hydrogen-bond acceptors (Lipinski definition) is 5. The van der Waals surface area contributed by atoms with Gasteiger partial charge in [-0.25, -0.2) is 14.2 Å². The minimum atomic E-state index is -1.51. The highest BCUT2D eigenvalue weighted by atomic mass is 19.1. The van der Waals surface area contributed by atoms with E-state index in [1.165, 1.54) is 37.5 Å². The number of hydrogen-bond donors (Lipinski definition) is 2. The van der Waals surface area contributed by atoms with Gasteiger partial charge in [0.2, 0.25) is 0 Å². The van der Waals surface area contributed by atoms with Crippen molar-refractivity contribution in [3.63, 3.8) is 0 Å². The van der Waals surface area contributed by atoms with Gasteiger partial charge in [-0.3, -0.25) is 14.9 Å². The molecule has 0 radical (unpaired) electrons. The van der Waals surface area contributed by atoms with Crippen LogP contribution >= 0.6 is 0 Å². The van der Waals surface area contributed by atoms with E-state index in [0.717, 1.165) is 17.4 Å². The first kappa shape index (κ1) is 21.4. The number of carbonyl (C=O) groups excluding carboxylic acids is 3. The van der Waals surface area contributed by atoms with E-state index in [0.29, 0.717) is 32.1 Å². The summed E-state index contributed by atoms with van der Waals surface area (Å²) in [6.45, 7) is 5.80. The number of rotatable bonds is 4. The number of benzene rings is 1. The largest absolute Gasteiger partial charge is 0.353 e. The minimum Gasteiger partial charge on any atom is -0.353 e. The molecule has 8 nitrogen and oxygen atoms in total. The number of carbonyl (C=O) groups is 3. The summed E-state index contributed by atoms with van der Waals surface area (Å²) in [7, 11) is 0. The first-order valence-corrected chi connectivity index (χ1v) is 11.2. The number of aromatic nitrogens is 1. The van der Waals surface area contributed by atoms with Gasteiger partial charge in [-0.2, -0.15) is 0 Å². The van der Waals surface area contributed by atoms with Crippen molar-refractivity contribution >= 4 is 23.7 Å². The third kappa shape index (κ3) is 3.81. The number of nitrogens with zero attached hydrogens (tertiary/aromatic N) is 3. The molecule has 1 aromatic heterocycles. The molecule has 1 atom stereocenters. The molecule has 2 aromatic rings. The van der Waals surface area contributed by atoms with E-state index in [9.17, 15) is 18.8 Å². The van der Waals surface area contributed by atoms with E-state index in [2.05, 4.69) is 33.5 Å². The maximum absolute atomic E-state index is 14.9. The lowest BCUT2D eigenvalue weighted by Crippen LogP contribution is -2.49. The Hall–Kier alpha value is -3.49. The van der Waals surface area contributed by atoms with Gasteiger partial charge < -0.3 is 15.1 Å². The second kappa shape index (κ2) is 7.83. The Morgan fingerprint density at radius 3 is 2.45 bits per heavy atom. The lowest BCUT2D eigenvalue weighted by Gasteiger charge is -2.36. The van der Waals surface area contributed by atoms with E-state index in [1.54, 1.807) is 4.90 Å². The number of imide groups is 1. The molecule has 1 aliphatic carbocycles. The summed E-state index contributed by atoms with van der Waals surface area (Å²) in [5.41, 5.74) is 1.17. The van der Waals surface area contributed by atoms with Gasteiger partial charge in [-0.05, 0) is 55.9 Å². The van der Waals surface area contributed by atoms with Crippen LogP contribution in [0.1, 0.15) is 52.7 Å². The number of piperazine rings is 1. The van der Waals surface area contributed by atoms with Gasteiger partial charge in [0.25, 0.3) is 11.8 Å². The van der Waals surface area contributed by atoms with E-state index >= 15 is 0 Å². The third-order valence-corrected chi connectivity index (χ3v) is 6.79. The third-order valence-electron chi connectivity index (χ3n) is 6.79. The van der Waals surface area contributed by atoms with Gasteiger partial charge in [0.05, 0.1) is 0 Å². The number of amides is 4. The predicted molar refractivity (Wildman–Crippen MR) is 119 cm³/mol. The van der Waals surface area contributed by atoms with Crippen molar-refractivity contribution in [3.05, 3.63) is 58.5 Å². The molecule has 1 aromatic carbocycles. The maximum atomic E-state index is 14.9. The lowest BCUT2D eigenvalue weighted by atomic mass is 9.91. The molecule has 0 bridgehead atoms. The molecule has 9 heteroatoms. The highest BCUT2D eigenvalue weighted by Crippen LogP contribution is 2.40. The van der Waals surface area contributed by atoms with Crippen LogP contribution in [0.2, 0.25) is 0 Å². The summed E-state index contributed by atoms with van der Waals surface area (Å²) in [6.07, 6.45) is 4.45. The minimum absolute atomic E-state index is 0.0170. The summed E-state index contributed by atoms with van der Waals surface area (Å²) in [4.78, 5) is 45.2. The first-order chi connectivity index (χ1) is 15.8. The molecule has 3 aliphatic rings. The summed E-state index contributed by atoms with van der Waals surface area (Å²) in [5, 5.41) is 4.56. The van der Waals surface area contributed by atoms with E-state index in [-0.39, 0.29) is 17.0 Å². The van der Waals surface area contributed by atoms with Crippen LogP contribution in [0.15, 0.2) is 30.5 Å². The lowest BCUT2D eigenvalue weighted by molar-refractivity contribution is -0.123. The Bertz CT molecular complexity index is 1160. The van der Waals surface area contributed by atoms with Crippen LogP contribution in [0, 0.1) is 12.7 Å². The topological polar surface area (TPSA) is 94.6 Å². The van der Waals surface area contributed by atoms with Gasteiger partial charge in [0.15, 0.2) is 0 Å². The molecule has 33 heavy (non-hydrogen) atoms. The molecule has 172 valence electrons. The smallest absolute Gasteiger partial charge is 0.322 e. The zero-order valence-electron chi connectivity index (χ0n) is 18.7. The zero-order chi connectivity index (χ0) is 23.3. The number of nitrogens with one attached hydrogen (secondary N) is 2. The molecule has 2 N–H and O–H groups in total. The Kier molecular flexibility index (Phi) is 5.07. The molecule has 1 saturated carbocycles. The average molecular weight is 452 g/mol. The molecular formula is C24H26FN5O3. The zero-order valence-corrected chi connectivity index (χ0v) is 18.7. The van der Waals surface area contributed by atoms with Crippen LogP contribution in [0.25, 0.3) is 0 Å². The molecule has 3 heterocycles. The Morgan fingerprint density at radius 1 is 1.15 bits per heavy atom. The second-order valence-corrected chi connectivity index (χ2v) is 9.19. The molecule has 0 spiro atoms. The molecule has 3 fully saturated rings. The van der Waals surface area contributed by atoms with Crippen LogP contribution < -0.4 is 15.5 Å². The van der Waals surface area contributed by atoms with E-state index in [1.807, 2.05) is 6.20 Å². The van der Waals surface area contributed by atoms with Crippen LogP contribution in [0.5, 0.6) is 0 Å². The van der Waals surface area contributed by atoms with Crippen molar-refractivity contribution in [1.82, 2.24) is 20.5 Å². The summed E-state index contributed by atoms with van der Waals surface area (Å²) in [5.74, 6) is 0.00458. The van der Waals surface area contributed by atoms with Crippen molar-refractivity contribution in [2.45, 2.75) is 38.1 Å². The molecule has 2 aliphatic heterocycles. The molecular weight excluding hydrogens is 425 g/mol. The van der Waals surface area contributed by atoms with Gasteiger partial charge in [0, 0.05) is 43.5 Å². The van der Waals surface area contributed by atoms with E-state index in [4.69, 9.17) is 0 Å². The highest BCUT2D eigenvalue weighted by Gasteiger charge is 2.45. The Labute approximate surface area is 191 Å². The van der Waals surface area contributed by atoms with Crippen molar-refractivity contribution in [3.8, 4) is 0 Å². The molecule has 0 unspecified atom stereocenters. The van der Waals surface area contributed by atoms with Crippen LogP contribution in [-0.2, 0) is 10.3 Å². The standard InChI is InChI=1S/C24H26FN5O3/c1-14-11-17(15-3-4-15)13-26-20(14)29-7-9-30(10-8-29)21(31)16-5-6-18(19(25)12-16)24(2)22(32)27-23(33)28-24/h5-6,11-13,15H,3-4,7-10H2,1-2H3,(H2,27,28,32,33)/t24-/m1/s1. The Balaban J connectivity index is 1.26. The maximum Gasteiger partial charge on any atom is 0.322 e. The fourth-order valence-corrected chi connectivity index (χ4v) is 4.65. The summed E-state index contributed by atoms with van der Waals surface area (Å²) in [6, 6.07) is 5.56. The Morgan fingerprint density at radius 2 is 1.88 bits per heavy atom. The normalized spacial score (nSPS) is 22.9. The SMILES string of the molecule is Cc1cc(C2CC2)cnc1N1CCN(C(=O)c2ccc([C@@]3(C)NC(=O)NC3=O)c(F)c2)CC1. The van der Waals surface area contributed by atoms with E-state index < -0.39 is 23.3 Å². The molecule has 2 saturated heterocycles. The number of anilines is 1. The highest BCUT2D eigenvalue weighted by molar-refractivity contribution is 6.07. The van der Waals surface area contributed by atoms with Crippen molar-refractivity contribution in [1.29, 1.82) is 0 Å². The number of pyridine rings is 1. The fraction of sp³-hybridized carbons (Fsp3) is 0.417. The molecule has 5 rings (SSSR count). The van der Waals surface area contributed by atoms with Crippen molar-refractivity contribution in [2.75, 3.05) is 31.1 Å².